The molecule has 1 aromatic rings. The molecular weight excluding hydrogens is 271 g/mol. The Balaban J connectivity index is 0.00000162. The first kappa shape index (κ1) is 15.3. The number of carbonyl (C=O) groups is 1. The SMILES string of the molecule is CN(Cc1ccccc1Cl)C(=O)C1CCCN1.Cl. The van der Waals surface area contributed by atoms with Crippen LogP contribution in [-0.4, -0.2) is 30.4 Å². The Labute approximate surface area is 119 Å². The van der Waals surface area contributed by atoms with Crippen LogP contribution in [-0.2, 0) is 11.3 Å². The van der Waals surface area contributed by atoms with E-state index in [4.69, 9.17) is 11.6 Å². The van der Waals surface area contributed by atoms with Crippen LogP contribution in [0.25, 0.3) is 0 Å². The Bertz CT molecular complexity index is 406. The number of amides is 1. The molecule has 0 aromatic heterocycles. The summed E-state index contributed by atoms with van der Waals surface area (Å²) in [5.41, 5.74) is 0.989. The van der Waals surface area contributed by atoms with Crippen molar-refractivity contribution in [3.63, 3.8) is 0 Å². The van der Waals surface area contributed by atoms with E-state index in [1.54, 1.807) is 4.90 Å². The fraction of sp³-hybridized carbons (Fsp3) is 0.462. The van der Waals surface area contributed by atoms with Crippen LogP contribution in [0.15, 0.2) is 24.3 Å². The van der Waals surface area contributed by atoms with Crippen LogP contribution in [0.1, 0.15) is 18.4 Å². The number of benzene rings is 1. The zero-order valence-corrected chi connectivity index (χ0v) is 11.9. The molecule has 0 saturated carbocycles. The highest BCUT2D eigenvalue weighted by Crippen LogP contribution is 2.17. The summed E-state index contributed by atoms with van der Waals surface area (Å²) in [4.78, 5) is 13.8. The van der Waals surface area contributed by atoms with Gasteiger partial charge in [0.05, 0.1) is 6.04 Å². The monoisotopic (exact) mass is 288 g/mol. The second kappa shape index (κ2) is 6.98. The van der Waals surface area contributed by atoms with Crippen molar-refractivity contribution in [1.29, 1.82) is 0 Å². The van der Waals surface area contributed by atoms with E-state index in [1.807, 2.05) is 31.3 Å². The normalized spacial score (nSPS) is 18.2. The first-order chi connectivity index (χ1) is 8.18. The van der Waals surface area contributed by atoms with Crippen LogP contribution in [0.4, 0.5) is 0 Å². The third-order valence-electron chi connectivity index (χ3n) is 3.10. The van der Waals surface area contributed by atoms with Crippen LogP contribution in [0, 0.1) is 0 Å². The number of hydrogen-bond donors (Lipinski definition) is 1. The first-order valence-corrected chi connectivity index (χ1v) is 6.28. The van der Waals surface area contributed by atoms with Gasteiger partial charge in [0.1, 0.15) is 0 Å². The minimum Gasteiger partial charge on any atom is -0.340 e. The van der Waals surface area contributed by atoms with Gasteiger partial charge in [0.25, 0.3) is 0 Å². The Morgan fingerprint density at radius 2 is 2.22 bits per heavy atom. The highest BCUT2D eigenvalue weighted by atomic mass is 35.5. The quantitative estimate of drug-likeness (QED) is 0.927. The predicted octanol–water partition coefficient (Wildman–Crippen LogP) is 2.47. The molecule has 0 bridgehead atoms. The molecule has 1 aromatic carbocycles. The molecule has 5 heteroatoms. The highest BCUT2D eigenvalue weighted by Gasteiger charge is 2.24. The van der Waals surface area contributed by atoms with Gasteiger partial charge in [-0.1, -0.05) is 29.8 Å². The minimum absolute atomic E-state index is 0. The lowest BCUT2D eigenvalue weighted by Gasteiger charge is -2.21. The number of hydrogen-bond acceptors (Lipinski definition) is 2. The lowest BCUT2D eigenvalue weighted by Crippen LogP contribution is -2.41. The van der Waals surface area contributed by atoms with Crippen LogP contribution < -0.4 is 5.32 Å². The minimum atomic E-state index is -0.0116. The lowest BCUT2D eigenvalue weighted by molar-refractivity contribution is -0.132. The smallest absolute Gasteiger partial charge is 0.239 e. The second-order valence-corrected chi connectivity index (χ2v) is 4.84. The van der Waals surface area contributed by atoms with Gasteiger partial charge in [-0.05, 0) is 31.0 Å². The van der Waals surface area contributed by atoms with Crippen LogP contribution in [0.2, 0.25) is 5.02 Å². The number of halogens is 2. The van der Waals surface area contributed by atoms with Gasteiger partial charge in [0.15, 0.2) is 0 Å². The topological polar surface area (TPSA) is 32.3 Å². The Morgan fingerprint density at radius 3 is 2.83 bits per heavy atom. The predicted molar refractivity (Wildman–Crippen MR) is 76.2 cm³/mol. The number of nitrogens with zero attached hydrogens (tertiary/aromatic N) is 1. The molecule has 1 unspecified atom stereocenters. The molecule has 1 N–H and O–H groups in total. The van der Waals surface area contributed by atoms with Crippen molar-refractivity contribution in [2.75, 3.05) is 13.6 Å². The zero-order chi connectivity index (χ0) is 12.3. The molecule has 1 fully saturated rings. The maximum absolute atomic E-state index is 12.1. The van der Waals surface area contributed by atoms with Crippen LogP contribution in [0.5, 0.6) is 0 Å². The molecule has 1 amide bonds. The number of nitrogens with one attached hydrogen (secondary N) is 1. The van der Waals surface area contributed by atoms with E-state index in [-0.39, 0.29) is 24.4 Å². The highest BCUT2D eigenvalue weighted by molar-refractivity contribution is 6.31. The molecule has 1 heterocycles. The average molecular weight is 289 g/mol. The maximum atomic E-state index is 12.1. The molecule has 100 valence electrons. The van der Waals surface area contributed by atoms with E-state index < -0.39 is 0 Å². The van der Waals surface area contributed by atoms with Crippen LogP contribution in [0.3, 0.4) is 0 Å². The van der Waals surface area contributed by atoms with Gasteiger partial charge in [-0.2, -0.15) is 0 Å². The molecular formula is C13H18Cl2N2O. The van der Waals surface area contributed by atoms with Crippen molar-refractivity contribution in [2.45, 2.75) is 25.4 Å². The van der Waals surface area contributed by atoms with Crippen molar-refractivity contribution >= 4 is 29.9 Å². The largest absolute Gasteiger partial charge is 0.340 e. The number of carbonyl (C=O) groups excluding carboxylic acids is 1. The van der Waals surface area contributed by atoms with Crippen LogP contribution >= 0.6 is 24.0 Å². The molecule has 18 heavy (non-hydrogen) atoms. The van der Waals surface area contributed by atoms with Crippen molar-refractivity contribution in [2.24, 2.45) is 0 Å². The van der Waals surface area contributed by atoms with Gasteiger partial charge in [0.2, 0.25) is 5.91 Å². The summed E-state index contributed by atoms with van der Waals surface area (Å²) in [6, 6.07) is 7.62. The van der Waals surface area contributed by atoms with E-state index in [2.05, 4.69) is 5.32 Å². The Hall–Kier alpha value is -0.770. The van der Waals surface area contributed by atoms with Gasteiger partial charge < -0.3 is 10.2 Å². The summed E-state index contributed by atoms with van der Waals surface area (Å²) in [6.07, 6.45) is 2.02. The third-order valence-corrected chi connectivity index (χ3v) is 3.47. The van der Waals surface area contributed by atoms with Gasteiger partial charge in [-0.3, -0.25) is 4.79 Å². The fourth-order valence-electron chi connectivity index (χ4n) is 2.12. The number of rotatable bonds is 3. The summed E-state index contributed by atoms with van der Waals surface area (Å²) in [5, 5.41) is 3.93. The van der Waals surface area contributed by atoms with Gasteiger partial charge in [-0.15, -0.1) is 12.4 Å². The maximum Gasteiger partial charge on any atom is 0.239 e. The molecule has 1 saturated heterocycles. The molecule has 2 rings (SSSR count). The number of likely N-dealkylation sites (N-methyl/N-ethyl adjacent to an activating group) is 1. The third kappa shape index (κ3) is 3.61. The summed E-state index contributed by atoms with van der Waals surface area (Å²) in [5.74, 6) is 0.155. The zero-order valence-electron chi connectivity index (χ0n) is 10.4. The molecule has 0 spiro atoms. The molecule has 0 radical (unpaired) electrons. The molecule has 1 aliphatic rings. The van der Waals surface area contributed by atoms with Crippen molar-refractivity contribution in [3.8, 4) is 0 Å². The van der Waals surface area contributed by atoms with E-state index in [1.165, 1.54) is 0 Å². The van der Waals surface area contributed by atoms with Crippen molar-refractivity contribution < 1.29 is 4.79 Å². The van der Waals surface area contributed by atoms with E-state index >= 15 is 0 Å². The van der Waals surface area contributed by atoms with Gasteiger partial charge >= 0.3 is 0 Å². The summed E-state index contributed by atoms with van der Waals surface area (Å²) in [6.45, 7) is 1.51. The van der Waals surface area contributed by atoms with E-state index in [0.29, 0.717) is 11.6 Å². The van der Waals surface area contributed by atoms with Crippen molar-refractivity contribution in [1.82, 2.24) is 10.2 Å². The standard InChI is InChI=1S/C13H17ClN2O.ClH/c1-16(13(17)12-7-4-8-15-12)9-10-5-2-3-6-11(10)14;/h2-3,5-6,12,15H,4,7-9H2,1H3;1H. The molecule has 0 aliphatic carbocycles. The van der Waals surface area contributed by atoms with Gasteiger partial charge in [-0.25, -0.2) is 0 Å². The molecule has 1 aliphatic heterocycles. The first-order valence-electron chi connectivity index (χ1n) is 5.90. The fourth-order valence-corrected chi connectivity index (χ4v) is 2.32. The summed E-state index contributed by atoms with van der Waals surface area (Å²) >= 11 is 6.08. The Morgan fingerprint density at radius 1 is 1.50 bits per heavy atom. The Kier molecular flexibility index (Phi) is 5.93. The lowest BCUT2D eigenvalue weighted by atomic mass is 10.1. The summed E-state index contributed by atoms with van der Waals surface area (Å²) < 4.78 is 0. The van der Waals surface area contributed by atoms with E-state index in [9.17, 15) is 4.79 Å². The second-order valence-electron chi connectivity index (χ2n) is 4.43. The molecule has 1 atom stereocenters. The average Bonchev–Trinajstić information content (AvgIpc) is 2.84. The van der Waals surface area contributed by atoms with Gasteiger partial charge in [0, 0.05) is 18.6 Å². The summed E-state index contributed by atoms with van der Waals surface area (Å²) in [7, 11) is 1.83. The van der Waals surface area contributed by atoms with E-state index in [0.717, 1.165) is 24.9 Å². The van der Waals surface area contributed by atoms with Crippen molar-refractivity contribution in [3.05, 3.63) is 34.9 Å². The molecule has 3 nitrogen and oxygen atoms in total.